The van der Waals surface area contributed by atoms with Gasteiger partial charge in [-0.2, -0.15) is 0 Å². The molecule has 21 heavy (non-hydrogen) atoms. The van der Waals surface area contributed by atoms with Gasteiger partial charge in [0.2, 0.25) is 0 Å². The van der Waals surface area contributed by atoms with E-state index in [1.165, 1.54) is 22.3 Å². The molecule has 0 aliphatic rings. The smallest absolute Gasteiger partial charge is 0.0441 e. The highest BCUT2D eigenvalue weighted by molar-refractivity contribution is 9.10. The molecule has 0 heterocycles. The molecule has 3 heteroatoms. The Morgan fingerprint density at radius 2 is 1.86 bits per heavy atom. The van der Waals surface area contributed by atoms with Crippen molar-refractivity contribution >= 4 is 27.5 Å². The lowest BCUT2D eigenvalue weighted by Crippen LogP contribution is -2.23. The van der Waals surface area contributed by atoms with Gasteiger partial charge in [0.1, 0.15) is 0 Å². The summed E-state index contributed by atoms with van der Waals surface area (Å²) in [5, 5.41) is 4.42. The van der Waals surface area contributed by atoms with Crippen LogP contribution in [-0.2, 0) is 6.42 Å². The molecule has 0 aliphatic carbocycles. The molecule has 2 aromatic carbocycles. The maximum atomic E-state index is 6.39. The third-order valence-electron chi connectivity index (χ3n) is 3.55. The van der Waals surface area contributed by atoms with Gasteiger partial charge in [0.25, 0.3) is 0 Å². The van der Waals surface area contributed by atoms with Crippen molar-refractivity contribution in [1.82, 2.24) is 5.32 Å². The normalized spacial score (nSPS) is 12.4. The Balaban J connectivity index is 2.30. The fraction of sp³-hybridized carbons (Fsp3) is 0.333. The summed E-state index contributed by atoms with van der Waals surface area (Å²) < 4.78 is 1.12. The van der Waals surface area contributed by atoms with E-state index in [0.29, 0.717) is 0 Å². The first-order valence-electron chi connectivity index (χ1n) is 7.25. The summed E-state index contributed by atoms with van der Waals surface area (Å²) in [5.41, 5.74) is 4.94. The fourth-order valence-corrected chi connectivity index (χ4v) is 3.50. The molecular weight excluding hydrogens is 346 g/mol. The summed E-state index contributed by atoms with van der Waals surface area (Å²) >= 11 is 9.97. The quantitative estimate of drug-likeness (QED) is 0.725. The Kier molecular flexibility index (Phi) is 5.86. The fourth-order valence-electron chi connectivity index (χ4n) is 2.56. The van der Waals surface area contributed by atoms with Crippen LogP contribution in [0, 0.1) is 13.8 Å². The zero-order valence-corrected chi connectivity index (χ0v) is 15.1. The van der Waals surface area contributed by atoms with Gasteiger partial charge in [-0.05, 0) is 67.3 Å². The van der Waals surface area contributed by atoms with Crippen molar-refractivity contribution < 1.29 is 0 Å². The third kappa shape index (κ3) is 4.57. The molecule has 0 aromatic heterocycles. The molecule has 0 radical (unpaired) electrons. The van der Waals surface area contributed by atoms with Gasteiger partial charge < -0.3 is 5.32 Å². The number of benzene rings is 2. The molecule has 0 saturated carbocycles. The van der Waals surface area contributed by atoms with E-state index < -0.39 is 0 Å². The van der Waals surface area contributed by atoms with Gasteiger partial charge >= 0.3 is 0 Å². The Labute approximate surface area is 140 Å². The van der Waals surface area contributed by atoms with Crippen LogP contribution in [0.3, 0.4) is 0 Å². The Morgan fingerprint density at radius 1 is 1.10 bits per heavy atom. The van der Waals surface area contributed by atoms with Gasteiger partial charge in [-0.25, -0.2) is 0 Å². The summed E-state index contributed by atoms with van der Waals surface area (Å²) in [6.45, 7) is 7.25. The highest BCUT2D eigenvalue weighted by atomic mass is 79.9. The predicted octanol–water partition coefficient (Wildman–Crippen LogP) is 5.61. The van der Waals surface area contributed by atoms with Crippen LogP contribution in [-0.4, -0.2) is 6.54 Å². The van der Waals surface area contributed by atoms with Crippen LogP contribution in [0.15, 0.2) is 40.9 Å². The summed E-state index contributed by atoms with van der Waals surface area (Å²) in [7, 11) is 0. The lowest BCUT2D eigenvalue weighted by molar-refractivity contribution is 0.549. The topological polar surface area (TPSA) is 12.0 Å². The van der Waals surface area contributed by atoms with E-state index in [9.17, 15) is 0 Å². The summed E-state index contributed by atoms with van der Waals surface area (Å²) in [6.07, 6.45) is 0.892. The van der Waals surface area contributed by atoms with E-state index >= 15 is 0 Å². The molecule has 112 valence electrons. The summed E-state index contributed by atoms with van der Waals surface area (Å²) in [5.74, 6) is 0. The van der Waals surface area contributed by atoms with E-state index in [1.807, 2.05) is 6.07 Å². The molecule has 2 rings (SSSR count). The van der Waals surface area contributed by atoms with Crippen LogP contribution in [0.5, 0.6) is 0 Å². The predicted molar refractivity (Wildman–Crippen MR) is 95.2 cm³/mol. The zero-order chi connectivity index (χ0) is 15.4. The van der Waals surface area contributed by atoms with Crippen LogP contribution in [0.25, 0.3) is 0 Å². The molecule has 1 atom stereocenters. The van der Waals surface area contributed by atoms with Crippen molar-refractivity contribution in [1.29, 1.82) is 0 Å². The van der Waals surface area contributed by atoms with Gasteiger partial charge in [-0.1, -0.05) is 52.7 Å². The number of nitrogens with one attached hydrogen (secondary N) is 1. The molecule has 1 nitrogen and oxygen atoms in total. The van der Waals surface area contributed by atoms with Gasteiger partial charge in [0.15, 0.2) is 0 Å². The van der Waals surface area contributed by atoms with E-state index in [1.54, 1.807) is 0 Å². The number of halogens is 2. The van der Waals surface area contributed by atoms with E-state index in [0.717, 1.165) is 22.5 Å². The highest BCUT2D eigenvalue weighted by Gasteiger charge is 2.14. The monoisotopic (exact) mass is 365 g/mol. The molecule has 0 fully saturated rings. The average Bonchev–Trinajstić information content (AvgIpc) is 2.40. The average molecular weight is 367 g/mol. The molecule has 0 amide bonds. The molecule has 2 aromatic rings. The molecular formula is C18H21BrClN. The van der Waals surface area contributed by atoms with Gasteiger partial charge in [-0.3, -0.25) is 0 Å². The van der Waals surface area contributed by atoms with Crippen LogP contribution in [0.4, 0.5) is 0 Å². The van der Waals surface area contributed by atoms with Crippen molar-refractivity contribution in [3.8, 4) is 0 Å². The minimum atomic E-state index is 0.270. The van der Waals surface area contributed by atoms with Crippen molar-refractivity contribution in [3.63, 3.8) is 0 Å². The van der Waals surface area contributed by atoms with Crippen LogP contribution in [0.2, 0.25) is 5.02 Å². The number of rotatable bonds is 5. The van der Waals surface area contributed by atoms with Crippen molar-refractivity contribution in [2.75, 3.05) is 6.54 Å². The number of hydrogen-bond donors (Lipinski definition) is 1. The first-order chi connectivity index (χ1) is 9.99. The molecule has 0 spiro atoms. The van der Waals surface area contributed by atoms with Gasteiger partial charge in [0.05, 0.1) is 0 Å². The van der Waals surface area contributed by atoms with Crippen LogP contribution < -0.4 is 5.32 Å². The second kappa shape index (κ2) is 7.44. The van der Waals surface area contributed by atoms with Gasteiger partial charge in [0, 0.05) is 15.5 Å². The Morgan fingerprint density at radius 3 is 2.48 bits per heavy atom. The second-order valence-electron chi connectivity index (χ2n) is 5.47. The molecule has 1 unspecified atom stereocenters. The number of aryl methyl sites for hydroxylation is 2. The number of likely N-dealkylation sites (N-methyl/N-ethyl adjacent to an activating group) is 1. The standard InChI is InChI=1S/C18H21BrClN/c1-4-21-18(15-7-13(3)8-16(19)10-15)11-14-6-5-12(2)9-17(14)20/h5-10,18,21H,4,11H2,1-3H3. The first kappa shape index (κ1) is 16.5. The lowest BCUT2D eigenvalue weighted by Gasteiger charge is -2.20. The highest BCUT2D eigenvalue weighted by Crippen LogP contribution is 2.27. The maximum Gasteiger partial charge on any atom is 0.0441 e. The molecule has 0 saturated heterocycles. The van der Waals surface area contributed by atoms with Crippen LogP contribution in [0.1, 0.15) is 35.2 Å². The molecule has 0 bridgehead atoms. The summed E-state index contributed by atoms with van der Waals surface area (Å²) in [4.78, 5) is 0. The minimum absolute atomic E-state index is 0.270. The van der Waals surface area contributed by atoms with Gasteiger partial charge in [-0.15, -0.1) is 0 Å². The van der Waals surface area contributed by atoms with Crippen molar-refractivity contribution in [2.24, 2.45) is 0 Å². The van der Waals surface area contributed by atoms with E-state index in [4.69, 9.17) is 11.6 Å². The van der Waals surface area contributed by atoms with Crippen molar-refractivity contribution in [3.05, 3.63) is 68.1 Å². The van der Waals surface area contributed by atoms with E-state index in [2.05, 4.69) is 72.3 Å². The Hall–Kier alpha value is -0.830. The Bertz CT molecular complexity index is 604. The first-order valence-corrected chi connectivity index (χ1v) is 8.42. The molecule has 0 aliphatic heterocycles. The van der Waals surface area contributed by atoms with Crippen LogP contribution >= 0.6 is 27.5 Å². The second-order valence-corrected chi connectivity index (χ2v) is 6.79. The third-order valence-corrected chi connectivity index (χ3v) is 4.36. The SMILES string of the molecule is CCNC(Cc1ccc(C)cc1Cl)c1cc(C)cc(Br)c1. The molecule has 1 N–H and O–H groups in total. The zero-order valence-electron chi connectivity index (χ0n) is 12.7. The van der Waals surface area contributed by atoms with E-state index in [-0.39, 0.29) is 6.04 Å². The van der Waals surface area contributed by atoms with Crippen molar-refractivity contribution in [2.45, 2.75) is 33.2 Å². The lowest BCUT2D eigenvalue weighted by atomic mass is 9.97. The maximum absolute atomic E-state index is 6.39. The largest absolute Gasteiger partial charge is 0.310 e. The number of hydrogen-bond acceptors (Lipinski definition) is 1. The summed E-state index contributed by atoms with van der Waals surface area (Å²) in [6, 6.07) is 13.1. The minimum Gasteiger partial charge on any atom is -0.310 e.